The van der Waals surface area contributed by atoms with Gasteiger partial charge < -0.3 is 26.8 Å². The molecule has 3 aromatic rings. The summed E-state index contributed by atoms with van der Waals surface area (Å²) in [7, 11) is 0. The number of aliphatic hydroxyl groups excluding tert-OH is 1. The Labute approximate surface area is 205 Å². The van der Waals surface area contributed by atoms with Gasteiger partial charge in [-0.25, -0.2) is 0 Å². The summed E-state index contributed by atoms with van der Waals surface area (Å²) in [5.74, 6) is -0.470. The molecule has 2 atom stereocenters. The summed E-state index contributed by atoms with van der Waals surface area (Å²) in [4.78, 5) is 15.8. The molecule has 7 nitrogen and oxygen atoms in total. The van der Waals surface area contributed by atoms with E-state index in [1.54, 1.807) is 6.07 Å². The third kappa shape index (κ3) is 4.49. The van der Waals surface area contributed by atoms with Crippen LogP contribution in [-0.4, -0.2) is 41.6 Å². The van der Waals surface area contributed by atoms with Gasteiger partial charge in [0, 0.05) is 35.8 Å². The lowest BCUT2D eigenvalue weighted by molar-refractivity contribution is -0.124. The molecule has 1 fully saturated rings. The van der Waals surface area contributed by atoms with E-state index >= 15 is 0 Å². The van der Waals surface area contributed by atoms with Crippen LogP contribution in [0.3, 0.4) is 0 Å². The largest absolute Gasteiger partial charge is 0.396 e. The van der Waals surface area contributed by atoms with Crippen LogP contribution in [0.1, 0.15) is 48.3 Å². The zero-order valence-electron chi connectivity index (χ0n) is 19.8. The topological polar surface area (TPSA) is 128 Å². The number of carbonyl (C=O) groups excluding carboxylic acids is 1. The van der Waals surface area contributed by atoms with E-state index in [0.717, 1.165) is 53.3 Å². The number of nitrogens with two attached hydrogens (primary N) is 2. The molecule has 0 aromatic heterocycles. The van der Waals surface area contributed by atoms with Crippen molar-refractivity contribution in [1.29, 1.82) is 5.41 Å². The number of carbonyl (C=O) groups is 1. The number of fused-ring (bicyclic) bond motifs is 2. The molecule has 7 heteroatoms. The van der Waals surface area contributed by atoms with Gasteiger partial charge in [0.15, 0.2) is 0 Å². The number of hydrogen-bond donors (Lipinski definition) is 5. The second-order valence-corrected chi connectivity index (χ2v) is 9.81. The van der Waals surface area contributed by atoms with Crippen molar-refractivity contribution in [3.05, 3.63) is 77.4 Å². The maximum Gasteiger partial charge on any atom is 0.243 e. The van der Waals surface area contributed by atoms with Gasteiger partial charge in [0.1, 0.15) is 11.9 Å². The molecule has 1 amide bonds. The summed E-state index contributed by atoms with van der Waals surface area (Å²) in [6, 6.07) is 19.7. The third-order valence-corrected chi connectivity index (χ3v) is 7.57. The molecule has 1 aliphatic carbocycles. The molecule has 35 heavy (non-hydrogen) atoms. The number of anilines is 1. The molecule has 0 spiro atoms. The Hall–Kier alpha value is -3.42. The molecular formula is C28H33N5O2. The minimum atomic E-state index is -0.563. The van der Waals surface area contributed by atoms with Crippen molar-refractivity contribution in [2.75, 3.05) is 11.5 Å². The minimum absolute atomic E-state index is 0.0232. The van der Waals surface area contributed by atoms with E-state index in [9.17, 15) is 9.90 Å². The Balaban J connectivity index is 1.53. The van der Waals surface area contributed by atoms with E-state index in [0.29, 0.717) is 12.1 Å². The van der Waals surface area contributed by atoms with Gasteiger partial charge in [-0.3, -0.25) is 10.2 Å². The van der Waals surface area contributed by atoms with Crippen molar-refractivity contribution in [1.82, 2.24) is 5.32 Å². The van der Waals surface area contributed by atoms with Crippen LogP contribution in [-0.2, 0) is 11.3 Å². The molecule has 5 rings (SSSR count). The number of nitrogens with zero attached hydrogens (tertiary/aromatic N) is 1. The van der Waals surface area contributed by atoms with E-state index in [1.807, 2.05) is 30.3 Å². The predicted octanol–water partition coefficient (Wildman–Crippen LogP) is 2.97. The predicted molar refractivity (Wildman–Crippen MR) is 140 cm³/mol. The van der Waals surface area contributed by atoms with Gasteiger partial charge in [0.25, 0.3) is 0 Å². The van der Waals surface area contributed by atoms with Crippen LogP contribution in [0, 0.1) is 5.41 Å². The summed E-state index contributed by atoms with van der Waals surface area (Å²) in [6.45, 7) is 0.353. The number of nitrogen functional groups attached to an aromatic ring is 1. The first-order valence-electron chi connectivity index (χ1n) is 12.3. The van der Waals surface area contributed by atoms with Crippen LogP contribution in [0.2, 0.25) is 0 Å². The highest BCUT2D eigenvalue weighted by Crippen LogP contribution is 2.43. The fourth-order valence-electron chi connectivity index (χ4n) is 5.68. The van der Waals surface area contributed by atoms with Crippen molar-refractivity contribution in [3.8, 4) is 0 Å². The average molecular weight is 472 g/mol. The van der Waals surface area contributed by atoms with Crippen LogP contribution in [0.25, 0.3) is 10.8 Å². The summed E-state index contributed by atoms with van der Waals surface area (Å²) in [6.07, 6.45) is 3.55. The summed E-state index contributed by atoms with van der Waals surface area (Å²) >= 11 is 0. The number of amidine groups is 1. The highest BCUT2D eigenvalue weighted by atomic mass is 16.3. The average Bonchev–Trinajstić information content (AvgIpc) is 3.18. The van der Waals surface area contributed by atoms with Crippen LogP contribution >= 0.6 is 0 Å². The molecule has 2 aliphatic rings. The summed E-state index contributed by atoms with van der Waals surface area (Å²) in [5.41, 5.74) is 15.3. The lowest BCUT2D eigenvalue weighted by Crippen LogP contribution is -2.51. The first kappa shape index (κ1) is 23.3. The zero-order valence-corrected chi connectivity index (χ0v) is 19.8. The molecule has 3 aromatic carbocycles. The van der Waals surface area contributed by atoms with Gasteiger partial charge in [-0.05, 0) is 53.6 Å². The van der Waals surface area contributed by atoms with Gasteiger partial charge in [0.2, 0.25) is 5.91 Å². The summed E-state index contributed by atoms with van der Waals surface area (Å²) < 4.78 is 0. The van der Waals surface area contributed by atoms with E-state index in [-0.39, 0.29) is 36.4 Å². The van der Waals surface area contributed by atoms with Crippen molar-refractivity contribution in [2.24, 2.45) is 11.5 Å². The fraction of sp³-hybridized carbons (Fsp3) is 0.357. The number of rotatable bonds is 6. The molecule has 0 radical (unpaired) electrons. The minimum Gasteiger partial charge on any atom is -0.396 e. The fourth-order valence-corrected chi connectivity index (χ4v) is 5.68. The number of hydrogen-bond acceptors (Lipinski definition) is 5. The molecule has 1 aliphatic heterocycles. The van der Waals surface area contributed by atoms with Crippen LogP contribution in [0.5, 0.6) is 0 Å². The van der Waals surface area contributed by atoms with Crippen molar-refractivity contribution in [3.63, 3.8) is 0 Å². The Morgan fingerprint density at radius 3 is 2.54 bits per heavy atom. The van der Waals surface area contributed by atoms with Crippen molar-refractivity contribution < 1.29 is 9.90 Å². The molecule has 182 valence electrons. The van der Waals surface area contributed by atoms with E-state index in [1.165, 1.54) is 0 Å². The third-order valence-electron chi connectivity index (χ3n) is 7.57. The number of amides is 1. The van der Waals surface area contributed by atoms with Gasteiger partial charge in [-0.2, -0.15) is 0 Å². The molecule has 0 saturated heterocycles. The standard InChI is InChI=1S/C28H33N5O2/c29-20-9-11-21(12-10-20)32-28(35)26-24(16-34)23-13-8-18(27(30)31)14-25(23)33(26)15-19-6-3-5-17-4-1-2-7-22(17)19/h1-8,13-14,20-21,24,26,34H,9-12,15-16,29H2,(H3,30,31)(H,32,35). The summed E-state index contributed by atoms with van der Waals surface area (Å²) in [5, 5.41) is 23.9. The SMILES string of the molecule is N=C(N)c1ccc2c(c1)N(Cc1cccc3ccccc13)C(C(=O)NC1CCC(N)CC1)C2CO. The van der Waals surface area contributed by atoms with Crippen LogP contribution < -0.4 is 21.7 Å². The Morgan fingerprint density at radius 1 is 1.06 bits per heavy atom. The quantitative estimate of drug-likeness (QED) is 0.279. The molecular weight excluding hydrogens is 438 g/mol. The molecule has 0 bridgehead atoms. The smallest absolute Gasteiger partial charge is 0.243 e. The molecule has 7 N–H and O–H groups in total. The highest BCUT2D eigenvalue weighted by molar-refractivity contribution is 5.97. The Kier molecular flexibility index (Phi) is 6.45. The van der Waals surface area contributed by atoms with E-state index in [2.05, 4.69) is 34.5 Å². The maximum absolute atomic E-state index is 13.8. The normalized spacial score (nSPS) is 23.8. The van der Waals surface area contributed by atoms with Gasteiger partial charge in [0.05, 0.1) is 6.61 Å². The number of benzene rings is 3. The number of aliphatic hydroxyl groups is 1. The van der Waals surface area contributed by atoms with Gasteiger partial charge in [-0.15, -0.1) is 0 Å². The van der Waals surface area contributed by atoms with Crippen molar-refractivity contribution in [2.45, 2.75) is 56.3 Å². The Bertz CT molecular complexity index is 1250. The molecule has 1 saturated carbocycles. The van der Waals surface area contributed by atoms with E-state index < -0.39 is 6.04 Å². The monoisotopic (exact) mass is 471 g/mol. The second-order valence-electron chi connectivity index (χ2n) is 9.81. The van der Waals surface area contributed by atoms with Crippen LogP contribution in [0.15, 0.2) is 60.7 Å². The van der Waals surface area contributed by atoms with Gasteiger partial charge >= 0.3 is 0 Å². The van der Waals surface area contributed by atoms with E-state index in [4.69, 9.17) is 16.9 Å². The lowest BCUT2D eigenvalue weighted by atomic mass is 9.90. The lowest BCUT2D eigenvalue weighted by Gasteiger charge is -2.33. The zero-order chi connectivity index (χ0) is 24.5. The highest BCUT2D eigenvalue weighted by Gasteiger charge is 2.43. The first-order chi connectivity index (χ1) is 17.0. The molecule has 1 heterocycles. The second kappa shape index (κ2) is 9.68. The maximum atomic E-state index is 13.8. The van der Waals surface area contributed by atoms with Gasteiger partial charge in [-0.1, -0.05) is 54.6 Å². The number of nitrogens with one attached hydrogen (secondary N) is 2. The Morgan fingerprint density at radius 2 is 1.80 bits per heavy atom. The van der Waals surface area contributed by atoms with Crippen molar-refractivity contribution >= 4 is 28.2 Å². The molecule has 2 unspecified atom stereocenters. The first-order valence-corrected chi connectivity index (χ1v) is 12.3. The van der Waals surface area contributed by atoms with Crippen LogP contribution in [0.4, 0.5) is 5.69 Å².